The first-order valence-electron chi connectivity index (χ1n) is 8.37. The minimum atomic E-state index is -4.58. The number of aromatic nitrogens is 2. The van der Waals surface area contributed by atoms with Crippen molar-refractivity contribution in [3.63, 3.8) is 0 Å². The van der Waals surface area contributed by atoms with Crippen LogP contribution in [0.5, 0.6) is 0 Å². The van der Waals surface area contributed by atoms with Crippen LogP contribution in [0.1, 0.15) is 21.6 Å². The first-order chi connectivity index (χ1) is 14.1. The second-order valence-corrected chi connectivity index (χ2v) is 6.14. The van der Waals surface area contributed by atoms with Gasteiger partial charge in [-0.15, -0.1) is 0 Å². The van der Waals surface area contributed by atoms with Crippen molar-refractivity contribution in [3.05, 3.63) is 93.7 Å². The van der Waals surface area contributed by atoms with Gasteiger partial charge in [-0.1, -0.05) is 6.07 Å². The molecule has 1 aromatic carbocycles. The number of carbonyl (C=O) groups is 1. The van der Waals surface area contributed by atoms with Crippen molar-refractivity contribution in [2.24, 2.45) is 0 Å². The highest BCUT2D eigenvalue weighted by atomic mass is 19.4. The van der Waals surface area contributed by atoms with E-state index in [0.717, 1.165) is 35.0 Å². The lowest BCUT2D eigenvalue weighted by Crippen LogP contribution is -2.31. The Kier molecular flexibility index (Phi) is 5.81. The summed E-state index contributed by atoms with van der Waals surface area (Å²) in [6, 6.07) is 7.00. The molecule has 0 saturated carbocycles. The van der Waals surface area contributed by atoms with Crippen LogP contribution in [0.4, 0.5) is 27.6 Å². The Morgan fingerprint density at radius 2 is 1.83 bits per heavy atom. The number of anilines is 1. The third-order valence-electron chi connectivity index (χ3n) is 3.96. The molecule has 0 bridgehead atoms. The van der Waals surface area contributed by atoms with Crippen LogP contribution in [-0.4, -0.2) is 15.5 Å². The van der Waals surface area contributed by atoms with E-state index in [1.807, 2.05) is 0 Å². The predicted molar refractivity (Wildman–Crippen MR) is 96.5 cm³/mol. The van der Waals surface area contributed by atoms with Gasteiger partial charge in [0.1, 0.15) is 11.5 Å². The van der Waals surface area contributed by atoms with Crippen molar-refractivity contribution in [3.8, 4) is 0 Å². The number of carbonyl (C=O) groups excluding carboxylic acids is 1. The molecule has 156 valence electrons. The summed E-state index contributed by atoms with van der Waals surface area (Å²) >= 11 is 0. The third kappa shape index (κ3) is 4.99. The van der Waals surface area contributed by atoms with Gasteiger partial charge in [-0.3, -0.25) is 25.4 Å². The minimum absolute atomic E-state index is 0.0180. The number of hydrogen-bond donors (Lipinski definition) is 2. The molecule has 0 aliphatic rings. The lowest BCUT2D eigenvalue weighted by atomic mass is 10.2. The van der Waals surface area contributed by atoms with Crippen LogP contribution < -0.4 is 16.4 Å². The van der Waals surface area contributed by atoms with E-state index < -0.39 is 35.0 Å². The Hall–Kier alpha value is -3.76. The van der Waals surface area contributed by atoms with E-state index in [1.54, 1.807) is 0 Å². The maximum atomic E-state index is 13.6. The minimum Gasteiger partial charge on any atom is -0.310 e. The Morgan fingerprint density at radius 1 is 1.07 bits per heavy atom. The Bertz CT molecular complexity index is 1130. The van der Waals surface area contributed by atoms with Gasteiger partial charge >= 0.3 is 6.18 Å². The smallest absolute Gasteiger partial charge is 0.310 e. The molecule has 3 rings (SSSR count). The van der Waals surface area contributed by atoms with E-state index in [0.29, 0.717) is 11.6 Å². The van der Waals surface area contributed by atoms with Crippen LogP contribution in [0.3, 0.4) is 0 Å². The summed E-state index contributed by atoms with van der Waals surface area (Å²) in [5, 5.41) is 0. The van der Waals surface area contributed by atoms with Crippen molar-refractivity contribution >= 4 is 11.6 Å². The molecule has 1 amide bonds. The third-order valence-corrected chi connectivity index (χ3v) is 3.96. The van der Waals surface area contributed by atoms with Crippen LogP contribution >= 0.6 is 0 Å². The van der Waals surface area contributed by atoms with Crippen molar-refractivity contribution in [1.82, 2.24) is 15.0 Å². The highest BCUT2D eigenvalue weighted by molar-refractivity contribution is 5.94. The van der Waals surface area contributed by atoms with Gasteiger partial charge in [-0.2, -0.15) is 13.2 Å². The summed E-state index contributed by atoms with van der Waals surface area (Å²) in [6.07, 6.45) is -2.40. The Morgan fingerprint density at radius 3 is 2.47 bits per heavy atom. The first kappa shape index (κ1) is 21.0. The first-order valence-corrected chi connectivity index (χ1v) is 8.37. The zero-order valence-electron chi connectivity index (χ0n) is 15.0. The van der Waals surface area contributed by atoms with Gasteiger partial charge in [-0.25, -0.2) is 8.78 Å². The number of halogens is 5. The predicted octanol–water partition coefficient (Wildman–Crippen LogP) is 3.35. The lowest BCUT2D eigenvalue weighted by Gasteiger charge is -2.11. The van der Waals surface area contributed by atoms with Crippen LogP contribution in [0.25, 0.3) is 0 Å². The number of nitrogens with one attached hydrogen (secondary N) is 2. The van der Waals surface area contributed by atoms with Gasteiger partial charge in [-0.05, 0) is 29.8 Å². The molecule has 30 heavy (non-hydrogen) atoms. The van der Waals surface area contributed by atoms with E-state index in [4.69, 9.17) is 0 Å². The van der Waals surface area contributed by atoms with Crippen LogP contribution in [0, 0.1) is 11.6 Å². The molecule has 0 atom stereocenters. The molecule has 0 fully saturated rings. The van der Waals surface area contributed by atoms with Crippen molar-refractivity contribution in [2.45, 2.75) is 12.7 Å². The van der Waals surface area contributed by atoms with Crippen molar-refractivity contribution in [1.29, 1.82) is 0 Å². The fourth-order valence-corrected chi connectivity index (χ4v) is 2.46. The number of benzene rings is 1. The van der Waals surface area contributed by atoms with E-state index in [2.05, 4.69) is 15.8 Å². The molecule has 0 unspecified atom stereocenters. The number of hydrazine groups is 1. The summed E-state index contributed by atoms with van der Waals surface area (Å²) in [7, 11) is 0. The number of amides is 1. The average Bonchev–Trinajstić information content (AvgIpc) is 2.68. The number of hydrogen-bond acceptors (Lipinski definition) is 4. The molecule has 0 spiro atoms. The highest BCUT2D eigenvalue weighted by Crippen LogP contribution is 2.27. The molecule has 2 N–H and O–H groups in total. The molecule has 2 aromatic heterocycles. The summed E-state index contributed by atoms with van der Waals surface area (Å²) in [6.45, 7) is -0.120. The maximum absolute atomic E-state index is 13.6. The van der Waals surface area contributed by atoms with Gasteiger partial charge in [0.15, 0.2) is 5.82 Å². The largest absolute Gasteiger partial charge is 0.433 e. The van der Waals surface area contributed by atoms with Gasteiger partial charge in [0.2, 0.25) is 0 Å². The van der Waals surface area contributed by atoms with Crippen molar-refractivity contribution < 1.29 is 26.7 Å². The lowest BCUT2D eigenvalue weighted by molar-refractivity contribution is -0.141. The summed E-state index contributed by atoms with van der Waals surface area (Å²) in [5.74, 6) is -2.43. The number of pyridine rings is 2. The number of nitrogens with zero attached hydrogens (tertiary/aromatic N) is 2. The van der Waals surface area contributed by atoms with E-state index in [9.17, 15) is 31.5 Å². The highest BCUT2D eigenvalue weighted by Gasteiger charge is 2.32. The Labute approximate surface area is 166 Å². The maximum Gasteiger partial charge on any atom is 0.433 e. The average molecular weight is 424 g/mol. The second kappa shape index (κ2) is 8.31. The fourth-order valence-electron chi connectivity index (χ4n) is 2.46. The molecule has 0 saturated heterocycles. The fraction of sp³-hybridized carbons (Fsp3) is 0.105. The molecular weight excluding hydrogens is 411 g/mol. The van der Waals surface area contributed by atoms with Gasteiger partial charge in [0.05, 0.1) is 17.8 Å². The normalized spacial score (nSPS) is 11.2. The Balaban J connectivity index is 1.72. The molecule has 0 aliphatic carbocycles. The quantitative estimate of drug-likeness (QED) is 0.487. The molecule has 0 aliphatic heterocycles. The van der Waals surface area contributed by atoms with Crippen LogP contribution in [-0.2, 0) is 12.7 Å². The summed E-state index contributed by atoms with van der Waals surface area (Å²) in [5.41, 5.74) is 3.10. The van der Waals surface area contributed by atoms with E-state index in [1.165, 1.54) is 18.3 Å². The molecule has 6 nitrogen and oxygen atoms in total. The zero-order chi connectivity index (χ0) is 21.9. The van der Waals surface area contributed by atoms with Crippen LogP contribution in [0.15, 0.2) is 59.7 Å². The molecule has 3 aromatic rings. The zero-order valence-corrected chi connectivity index (χ0v) is 15.0. The summed E-state index contributed by atoms with van der Waals surface area (Å²) in [4.78, 5) is 27.6. The molecule has 0 radical (unpaired) electrons. The van der Waals surface area contributed by atoms with Gasteiger partial charge in [0, 0.05) is 24.5 Å². The number of rotatable bonds is 5. The van der Waals surface area contributed by atoms with Gasteiger partial charge < -0.3 is 4.57 Å². The van der Waals surface area contributed by atoms with Crippen LogP contribution in [0.2, 0.25) is 0 Å². The van der Waals surface area contributed by atoms with Gasteiger partial charge in [0.25, 0.3) is 11.5 Å². The summed E-state index contributed by atoms with van der Waals surface area (Å²) < 4.78 is 65.3. The number of alkyl halides is 3. The van der Waals surface area contributed by atoms with E-state index >= 15 is 0 Å². The molecule has 2 heterocycles. The second-order valence-electron chi connectivity index (χ2n) is 6.14. The topological polar surface area (TPSA) is 76.0 Å². The monoisotopic (exact) mass is 424 g/mol. The SMILES string of the molecule is O=C(NNc1ccc(F)cc1F)c1ccc(=O)n(Cc2ccc(C(F)(F)F)nc2)c1. The van der Waals surface area contributed by atoms with E-state index in [-0.39, 0.29) is 17.8 Å². The molecular formula is C19H13F5N4O2. The molecule has 11 heteroatoms. The standard InChI is InChI=1S/C19H13F5N4O2/c20-13-3-4-15(14(21)7-13)26-27-18(30)12-2-6-17(29)28(10-12)9-11-1-5-16(25-8-11)19(22,23)24/h1-8,10,26H,9H2,(H,27,30). The van der Waals surface area contributed by atoms with Crippen molar-refractivity contribution in [2.75, 3.05) is 5.43 Å².